The number of hydrogen-bond donors (Lipinski definition) is 0. The van der Waals surface area contributed by atoms with E-state index in [9.17, 15) is 0 Å². The maximum Gasteiger partial charge on any atom is 0.120 e. The number of hydrogen-bond acceptors (Lipinski definition) is 3. The van der Waals surface area contributed by atoms with Crippen molar-refractivity contribution >= 4 is 0 Å². The summed E-state index contributed by atoms with van der Waals surface area (Å²) in [6, 6.07) is 17.1. The fraction of sp³-hybridized carbons (Fsp3) is 0.188. The van der Waals surface area contributed by atoms with Gasteiger partial charge in [0, 0.05) is 5.56 Å². The Morgan fingerprint density at radius 1 is 0.947 bits per heavy atom. The zero-order valence-electron chi connectivity index (χ0n) is 10.8. The molecule has 0 aromatic heterocycles. The van der Waals surface area contributed by atoms with Crippen molar-refractivity contribution in [2.24, 2.45) is 0 Å². The highest BCUT2D eigenvalue weighted by Gasteiger charge is 2.02. The minimum atomic E-state index is 0.387. The Bertz CT molecular complexity index is 570. The van der Waals surface area contributed by atoms with Crippen LogP contribution in [0.2, 0.25) is 0 Å². The van der Waals surface area contributed by atoms with Crippen LogP contribution in [-0.4, -0.2) is 6.61 Å². The molecule has 0 saturated heterocycles. The second-order valence-electron chi connectivity index (χ2n) is 3.96. The van der Waals surface area contributed by atoms with Gasteiger partial charge >= 0.3 is 0 Å². The van der Waals surface area contributed by atoms with E-state index < -0.39 is 0 Å². The largest absolute Gasteiger partial charge is 0.494 e. The molecule has 3 heteroatoms. The van der Waals surface area contributed by atoms with Crippen LogP contribution >= 0.6 is 0 Å². The minimum absolute atomic E-state index is 0.387. The van der Waals surface area contributed by atoms with E-state index in [4.69, 9.17) is 14.7 Å². The van der Waals surface area contributed by atoms with Crippen LogP contribution in [0.4, 0.5) is 0 Å². The SMILES string of the molecule is CCOc1ccc(OCc2ccccc2C#N)cc1. The summed E-state index contributed by atoms with van der Waals surface area (Å²) >= 11 is 0. The average Bonchev–Trinajstić information content (AvgIpc) is 2.47. The summed E-state index contributed by atoms with van der Waals surface area (Å²) in [5.74, 6) is 1.59. The minimum Gasteiger partial charge on any atom is -0.494 e. The summed E-state index contributed by atoms with van der Waals surface area (Å²) in [5, 5.41) is 8.99. The van der Waals surface area contributed by atoms with Gasteiger partial charge < -0.3 is 9.47 Å². The molecule has 0 N–H and O–H groups in total. The molecule has 2 aromatic rings. The highest BCUT2D eigenvalue weighted by molar-refractivity contribution is 5.37. The molecular weight excluding hydrogens is 238 g/mol. The average molecular weight is 253 g/mol. The van der Waals surface area contributed by atoms with Crippen molar-refractivity contribution in [3.63, 3.8) is 0 Å². The van der Waals surface area contributed by atoms with Gasteiger partial charge in [-0.1, -0.05) is 18.2 Å². The van der Waals surface area contributed by atoms with E-state index in [1.54, 1.807) is 6.07 Å². The van der Waals surface area contributed by atoms with Crippen LogP contribution in [0.15, 0.2) is 48.5 Å². The topological polar surface area (TPSA) is 42.2 Å². The zero-order chi connectivity index (χ0) is 13.5. The Morgan fingerprint density at radius 3 is 2.21 bits per heavy atom. The van der Waals surface area contributed by atoms with E-state index in [1.807, 2.05) is 49.4 Å². The summed E-state index contributed by atoms with van der Waals surface area (Å²) in [7, 11) is 0. The molecule has 0 spiro atoms. The van der Waals surface area contributed by atoms with Crippen LogP contribution < -0.4 is 9.47 Å². The number of ether oxygens (including phenoxy) is 2. The van der Waals surface area contributed by atoms with Gasteiger partial charge in [0.05, 0.1) is 18.2 Å². The Balaban J connectivity index is 2.00. The van der Waals surface area contributed by atoms with Gasteiger partial charge in [-0.25, -0.2) is 0 Å². The molecule has 0 bridgehead atoms. The highest BCUT2D eigenvalue weighted by atomic mass is 16.5. The van der Waals surface area contributed by atoms with Crippen molar-refractivity contribution in [2.45, 2.75) is 13.5 Å². The lowest BCUT2D eigenvalue weighted by Gasteiger charge is -2.08. The Labute approximate surface area is 113 Å². The van der Waals surface area contributed by atoms with E-state index in [0.29, 0.717) is 18.8 Å². The maximum absolute atomic E-state index is 8.99. The van der Waals surface area contributed by atoms with Gasteiger partial charge in [0.2, 0.25) is 0 Å². The summed E-state index contributed by atoms with van der Waals surface area (Å²) in [5.41, 5.74) is 1.53. The van der Waals surface area contributed by atoms with Crippen LogP contribution in [0.5, 0.6) is 11.5 Å². The van der Waals surface area contributed by atoms with Crippen molar-refractivity contribution in [1.82, 2.24) is 0 Å². The lowest BCUT2D eigenvalue weighted by atomic mass is 10.1. The highest BCUT2D eigenvalue weighted by Crippen LogP contribution is 2.19. The number of nitrogens with zero attached hydrogens (tertiary/aromatic N) is 1. The summed E-state index contributed by atoms with van der Waals surface area (Å²) in [6.45, 7) is 2.98. The van der Waals surface area contributed by atoms with E-state index in [-0.39, 0.29) is 0 Å². The summed E-state index contributed by atoms with van der Waals surface area (Å²) < 4.78 is 11.0. The van der Waals surface area contributed by atoms with Crippen LogP contribution in [0.3, 0.4) is 0 Å². The normalized spacial score (nSPS) is 9.68. The molecule has 0 aliphatic rings. The molecule has 0 radical (unpaired) electrons. The van der Waals surface area contributed by atoms with Crippen molar-refractivity contribution in [1.29, 1.82) is 5.26 Å². The van der Waals surface area contributed by atoms with Crippen molar-refractivity contribution in [3.05, 3.63) is 59.7 Å². The Morgan fingerprint density at radius 2 is 1.58 bits per heavy atom. The molecule has 0 amide bonds. The van der Waals surface area contributed by atoms with Gasteiger partial charge in [0.1, 0.15) is 18.1 Å². The molecule has 19 heavy (non-hydrogen) atoms. The van der Waals surface area contributed by atoms with Crippen LogP contribution in [0.1, 0.15) is 18.1 Å². The number of rotatable bonds is 5. The van der Waals surface area contributed by atoms with Crippen LogP contribution in [-0.2, 0) is 6.61 Å². The number of nitriles is 1. The number of benzene rings is 2. The van der Waals surface area contributed by atoms with Gasteiger partial charge in [-0.05, 0) is 37.3 Å². The molecule has 2 aromatic carbocycles. The second kappa shape index (κ2) is 6.46. The van der Waals surface area contributed by atoms with Crippen molar-refractivity contribution in [3.8, 4) is 17.6 Å². The fourth-order valence-electron chi connectivity index (χ4n) is 1.72. The second-order valence-corrected chi connectivity index (χ2v) is 3.96. The molecule has 2 rings (SSSR count). The monoisotopic (exact) mass is 253 g/mol. The van der Waals surface area contributed by atoms with Gasteiger partial charge in [-0.15, -0.1) is 0 Å². The van der Waals surface area contributed by atoms with Crippen molar-refractivity contribution in [2.75, 3.05) is 6.61 Å². The first kappa shape index (κ1) is 13.0. The molecular formula is C16H15NO2. The quantitative estimate of drug-likeness (QED) is 0.818. The first-order valence-electron chi connectivity index (χ1n) is 6.17. The summed E-state index contributed by atoms with van der Waals surface area (Å²) in [4.78, 5) is 0. The third kappa shape index (κ3) is 3.49. The predicted molar refractivity (Wildman–Crippen MR) is 73.1 cm³/mol. The zero-order valence-corrected chi connectivity index (χ0v) is 10.8. The van der Waals surface area contributed by atoms with Gasteiger partial charge in [0.25, 0.3) is 0 Å². The molecule has 0 saturated carbocycles. The van der Waals surface area contributed by atoms with Gasteiger partial charge in [-0.3, -0.25) is 0 Å². The summed E-state index contributed by atoms with van der Waals surface area (Å²) in [6.07, 6.45) is 0. The van der Waals surface area contributed by atoms with Gasteiger partial charge in [-0.2, -0.15) is 5.26 Å². The smallest absolute Gasteiger partial charge is 0.120 e. The third-order valence-corrected chi connectivity index (χ3v) is 2.67. The first-order chi connectivity index (χ1) is 9.33. The van der Waals surface area contributed by atoms with Crippen LogP contribution in [0.25, 0.3) is 0 Å². The predicted octanol–water partition coefficient (Wildman–Crippen LogP) is 3.54. The van der Waals surface area contributed by atoms with Gasteiger partial charge in [0.15, 0.2) is 0 Å². The van der Waals surface area contributed by atoms with E-state index in [2.05, 4.69) is 6.07 Å². The molecule has 0 atom stereocenters. The molecule has 96 valence electrons. The Kier molecular flexibility index (Phi) is 4.41. The fourth-order valence-corrected chi connectivity index (χ4v) is 1.72. The standard InChI is InChI=1S/C16H15NO2/c1-2-18-15-7-9-16(10-8-15)19-12-14-6-4-3-5-13(14)11-17/h3-10H,2,12H2,1H3. The molecule has 0 unspecified atom stereocenters. The first-order valence-corrected chi connectivity index (χ1v) is 6.17. The molecule has 3 nitrogen and oxygen atoms in total. The molecule has 0 fully saturated rings. The maximum atomic E-state index is 8.99. The lowest BCUT2D eigenvalue weighted by molar-refractivity contribution is 0.303. The van der Waals surface area contributed by atoms with Crippen LogP contribution in [0, 0.1) is 11.3 Å². The Hall–Kier alpha value is -2.47. The van der Waals surface area contributed by atoms with E-state index in [0.717, 1.165) is 17.1 Å². The van der Waals surface area contributed by atoms with E-state index >= 15 is 0 Å². The molecule has 0 aliphatic carbocycles. The lowest BCUT2D eigenvalue weighted by Crippen LogP contribution is -1.98. The molecule has 0 heterocycles. The molecule has 0 aliphatic heterocycles. The van der Waals surface area contributed by atoms with Crippen molar-refractivity contribution < 1.29 is 9.47 Å². The third-order valence-electron chi connectivity index (χ3n) is 2.67. The van der Waals surface area contributed by atoms with E-state index in [1.165, 1.54) is 0 Å².